The second kappa shape index (κ2) is 4.81. The lowest BCUT2D eigenvalue weighted by Gasteiger charge is -1.83. The second-order valence-corrected chi connectivity index (χ2v) is 4.64. The molecule has 82 valence electrons. The number of anilines is 1. The van der Waals surface area contributed by atoms with E-state index >= 15 is 0 Å². The van der Waals surface area contributed by atoms with Crippen LogP contribution in [0.15, 0.2) is 42.7 Å². The number of fused-ring (bicyclic) bond motifs is 1. The first kappa shape index (κ1) is 10.7. The number of aromatic amines is 1. The Kier molecular flexibility index (Phi) is 3.22. The number of hydrogen-bond donors (Lipinski definition) is 2. The molecule has 16 heavy (non-hydrogen) atoms. The molecular weight excluding hydrogens is 218 g/mol. The van der Waals surface area contributed by atoms with Gasteiger partial charge >= 0.3 is 0 Å². The lowest BCUT2D eigenvalue weighted by molar-refractivity contribution is 1.39. The standard InChI is InChI=1S/C8H7N.C4H6N2S/c1-2-4-8-7(3-1)5-6-9-8;1-3-2-6-4(5)7-3/h1-6,9H;2H,1H3,(H2,5,6). The molecule has 3 nitrogen and oxygen atoms in total. The first-order chi connectivity index (χ1) is 7.75. The van der Waals surface area contributed by atoms with Gasteiger partial charge in [0.2, 0.25) is 0 Å². The van der Waals surface area contributed by atoms with Crippen LogP contribution < -0.4 is 5.73 Å². The number of nitrogens with two attached hydrogens (primary N) is 1. The zero-order valence-electron chi connectivity index (χ0n) is 8.97. The van der Waals surface area contributed by atoms with Crippen molar-refractivity contribution in [1.29, 1.82) is 0 Å². The Morgan fingerprint density at radius 1 is 1.25 bits per heavy atom. The van der Waals surface area contributed by atoms with Crippen LogP contribution >= 0.6 is 11.3 Å². The van der Waals surface area contributed by atoms with E-state index in [9.17, 15) is 0 Å². The van der Waals surface area contributed by atoms with Crippen LogP contribution in [0, 0.1) is 6.92 Å². The van der Waals surface area contributed by atoms with Crippen LogP contribution in [0.2, 0.25) is 0 Å². The van der Waals surface area contributed by atoms with Crippen LogP contribution in [0.1, 0.15) is 4.88 Å². The molecular formula is C12H13N3S. The molecule has 3 N–H and O–H groups in total. The topological polar surface area (TPSA) is 54.7 Å². The highest BCUT2D eigenvalue weighted by atomic mass is 32.1. The van der Waals surface area contributed by atoms with Gasteiger partial charge in [0, 0.05) is 22.8 Å². The van der Waals surface area contributed by atoms with E-state index in [0.717, 1.165) is 4.88 Å². The largest absolute Gasteiger partial charge is 0.375 e. The summed E-state index contributed by atoms with van der Waals surface area (Å²) in [6.07, 6.45) is 3.71. The fourth-order valence-corrected chi connectivity index (χ4v) is 1.91. The van der Waals surface area contributed by atoms with E-state index in [0.29, 0.717) is 5.13 Å². The minimum absolute atomic E-state index is 0.650. The second-order valence-electron chi connectivity index (χ2n) is 3.37. The highest BCUT2D eigenvalue weighted by Gasteiger charge is 1.87. The van der Waals surface area contributed by atoms with Crippen LogP contribution in [0.4, 0.5) is 5.13 Å². The average Bonchev–Trinajstić information content (AvgIpc) is 2.88. The van der Waals surface area contributed by atoms with Crippen molar-refractivity contribution in [2.45, 2.75) is 6.92 Å². The average molecular weight is 231 g/mol. The quantitative estimate of drug-likeness (QED) is 0.624. The summed E-state index contributed by atoms with van der Waals surface area (Å²) >= 11 is 1.51. The third-order valence-corrected chi connectivity index (χ3v) is 2.84. The number of hydrogen-bond acceptors (Lipinski definition) is 3. The SMILES string of the molecule is Cc1cnc(N)s1.c1ccc2[nH]ccc2c1. The van der Waals surface area contributed by atoms with Crippen molar-refractivity contribution < 1.29 is 0 Å². The van der Waals surface area contributed by atoms with Crippen molar-refractivity contribution in [3.63, 3.8) is 0 Å². The fourth-order valence-electron chi connectivity index (χ4n) is 1.37. The smallest absolute Gasteiger partial charge is 0.180 e. The number of aryl methyl sites for hydroxylation is 1. The first-order valence-corrected chi connectivity index (χ1v) is 5.77. The molecule has 2 heterocycles. The molecule has 0 aliphatic heterocycles. The van der Waals surface area contributed by atoms with Crippen molar-refractivity contribution in [2.75, 3.05) is 5.73 Å². The highest BCUT2D eigenvalue weighted by molar-refractivity contribution is 7.15. The van der Waals surface area contributed by atoms with Crippen LogP contribution in [0.25, 0.3) is 10.9 Å². The molecule has 0 aliphatic rings. The predicted octanol–water partition coefficient (Wildman–Crippen LogP) is 3.20. The molecule has 0 atom stereocenters. The zero-order valence-corrected chi connectivity index (χ0v) is 9.79. The molecule has 0 saturated heterocycles. The molecule has 0 aliphatic carbocycles. The van der Waals surface area contributed by atoms with Gasteiger partial charge in [0.25, 0.3) is 0 Å². The van der Waals surface area contributed by atoms with Gasteiger partial charge in [0.05, 0.1) is 0 Å². The maximum Gasteiger partial charge on any atom is 0.180 e. The van der Waals surface area contributed by atoms with Gasteiger partial charge < -0.3 is 10.7 Å². The molecule has 0 fully saturated rings. The van der Waals surface area contributed by atoms with Crippen LogP contribution in [-0.2, 0) is 0 Å². The molecule has 2 aromatic heterocycles. The van der Waals surface area contributed by atoms with Crippen molar-refractivity contribution in [3.8, 4) is 0 Å². The molecule has 3 aromatic rings. The zero-order chi connectivity index (χ0) is 11.4. The third-order valence-electron chi connectivity index (χ3n) is 2.10. The predicted molar refractivity (Wildman–Crippen MR) is 69.6 cm³/mol. The summed E-state index contributed by atoms with van der Waals surface area (Å²) in [4.78, 5) is 8.10. The Morgan fingerprint density at radius 2 is 2.06 bits per heavy atom. The summed E-state index contributed by atoms with van der Waals surface area (Å²) in [5.74, 6) is 0. The van der Waals surface area contributed by atoms with E-state index < -0.39 is 0 Å². The van der Waals surface area contributed by atoms with E-state index in [1.165, 1.54) is 22.2 Å². The summed E-state index contributed by atoms with van der Waals surface area (Å²) in [7, 11) is 0. The summed E-state index contributed by atoms with van der Waals surface area (Å²) in [6.45, 7) is 1.98. The number of rotatable bonds is 0. The van der Waals surface area contributed by atoms with E-state index in [-0.39, 0.29) is 0 Å². The molecule has 0 radical (unpaired) electrons. The number of thiazole rings is 1. The monoisotopic (exact) mass is 231 g/mol. The van der Waals surface area contributed by atoms with Gasteiger partial charge in [0.1, 0.15) is 0 Å². The van der Waals surface area contributed by atoms with Gasteiger partial charge in [-0.05, 0) is 24.4 Å². The van der Waals surface area contributed by atoms with Gasteiger partial charge in [-0.2, -0.15) is 0 Å². The number of H-pyrrole nitrogens is 1. The molecule has 4 heteroatoms. The molecule has 0 saturated carbocycles. The van der Waals surface area contributed by atoms with Crippen molar-refractivity contribution in [3.05, 3.63) is 47.6 Å². The third kappa shape index (κ3) is 2.61. The van der Waals surface area contributed by atoms with Crippen molar-refractivity contribution >= 4 is 27.4 Å². The number of nitrogens with zero attached hydrogens (tertiary/aromatic N) is 1. The highest BCUT2D eigenvalue weighted by Crippen LogP contribution is 2.11. The molecule has 3 rings (SSSR count). The Balaban J connectivity index is 0.000000125. The number of nitrogen functional groups attached to an aromatic ring is 1. The van der Waals surface area contributed by atoms with Gasteiger partial charge in [-0.1, -0.05) is 18.2 Å². The Bertz CT molecular complexity index is 521. The number of aromatic nitrogens is 2. The van der Waals surface area contributed by atoms with E-state index in [1.807, 2.05) is 25.3 Å². The number of para-hydroxylation sites is 1. The van der Waals surface area contributed by atoms with Crippen LogP contribution in [0.3, 0.4) is 0 Å². The van der Waals surface area contributed by atoms with E-state index in [2.05, 4.69) is 28.2 Å². The van der Waals surface area contributed by atoms with E-state index in [4.69, 9.17) is 5.73 Å². The maximum atomic E-state index is 5.29. The van der Waals surface area contributed by atoms with Gasteiger partial charge in [-0.3, -0.25) is 0 Å². The van der Waals surface area contributed by atoms with Gasteiger partial charge in [-0.25, -0.2) is 4.98 Å². The summed E-state index contributed by atoms with van der Waals surface area (Å²) in [5, 5.41) is 1.93. The summed E-state index contributed by atoms with van der Waals surface area (Å²) < 4.78 is 0. The first-order valence-electron chi connectivity index (χ1n) is 4.96. The van der Waals surface area contributed by atoms with Gasteiger partial charge in [0.15, 0.2) is 5.13 Å². The Labute approximate surface area is 97.9 Å². The van der Waals surface area contributed by atoms with Crippen LogP contribution in [-0.4, -0.2) is 9.97 Å². The normalized spacial score (nSPS) is 9.81. The van der Waals surface area contributed by atoms with Crippen LogP contribution in [0.5, 0.6) is 0 Å². The van der Waals surface area contributed by atoms with Gasteiger partial charge in [-0.15, -0.1) is 11.3 Å². The Morgan fingerprint density at radius 3 is 2.62 bits per heavy atom. The fraction of sp³-hybridized carbons (Fsp3) is 0.0833. The molecule has 0 unspecified atom stereocenters. The number of nitrogens with one attached hydrogen (secondary N) is 1. The van der Waals surface area contributed by atoms with Crippen molar-refractivity contribution in [1.82, 2.24) is 9.97 Å². The Hall–Kier alpha value is -1.81. The summed E-state index contributed by atoms with van der Waals surface area (Å²) in [6, 6.07) is 10.3. The summed E-state index contributed by atoms with van der Waals surface area (Å²) in [5.41, 5.74) is 6.49. The maximum absolute atomic E-state index is 5.29. The molecule has 0 bridgehead atoms. The lowest BCUT2D eigenvalue weighted by Crippen LogP contribution is -1.77. The minimum Gasteiger partial charge on any atom is -0.375 e. The van der Waals surface area contributed by atoms with Crippen molar-refractivity contribution in [2.24, 2.45) is 0 Å². The molecule has 0 amide bonds. The minimum atomic E-state index is 0.650. The van der Waals surface area contributed by atoms with E-state index in [1.54, 1.807) is 6.20 Å². The lowest BCUT2D eigenvalue weighted by atomic mass is 10.3. The molecule has 1 aromatic carbocycles. The number of benzene rings is 1. The molecule has 0 spiro atoms.